The maximum Gasteiger partial charge on any atom is 0.573 e. The zero-order valence-electron chi connectivity index (χ0n) is 42.8. The summed E-state index contributed by atoms with van der Waals surface area (Å²) in [5.41, 5.74) is 1.63. The Labute approximate surface area is 425 Å². The standard InChI is InChI=1S/C20H25F5O.C20H26F4O.C19H25F3/c1-12-2-4-13(5-3-12)14-6-8-15(9-7-14)16-10-17(21)19(18(22)11-16)26-20(23,24)25;1-12-2-4-13(5-3-12)14-6-8-15(9-7-14)16-10-17(21)19(18(22)11-16)25-20(23)24;1-12-2-4-13(5-3-12)14-6-8-15(9-7-14)16-10-17(20)19(22)18(21)11-16/h10-15H,2-9H2,1H3;10-15,20H,2-9H2,1H3;10-15H,2-9H2,1H3. The zero-order chi connectivity index (χ0) is 52.6. The molecule has 6 saturated carbocycles. The molecular formula is C59H76F12O2. The molecule has 3 aromatic rings. The smallest absolute Gasteiger partial charge is 0.429 e. The van der Waals surface area contributed by atoms with Gasteiger partial charge in [0.25, 0.3) is 0 Å². The Morgan fingerprint density at radius 2 is 0.589 bits per heavy atom. The molecule has 0 spiro atoms. The first-order chi connectivity index (χ1) is 34.7. The summed E-state index contributed by atoms with van der Waals surface area (Å²) in [5.74, 6) is -3.12. The predicted octanol–water partition coefficient (Wildman–Crippen LogP) is 19.8. The molecule has 408 valence electrons. The monoisotopic (exact) mass is 1040 g/mol. The second kappa shape index (κ2) is 26.0. The Morgan fingerprint density at radius 1 is 0.356 bits per heavy atom. The average molecular weight is 1050 g/mol. The normalized spacial score (nSPS) is 31.1. The molecule has 0 bridgehead atoms. The fourth-order valence-electron chi connectivity index (χ4n) is 13.9. The van der Waals surface area contributed by atoms with Crippen LogP contribution in [0.15, 0.2) is 36.4 Å². The summed E-state index contributed by atoms with van der Waals surface area (Å²) in [6.07, 6.45) is 22.5. The molecule has 0 amide bonds. The molecule has 0 atom stereocenters. The first kappa shape index (κ1) is 57.1. The molecule has 73 heavy (non-hydrogen) atoms. The Hall–Kier alpha value is -3.58. The van der Waals surface area contributed by atoms with Crippen molar-refractivity contribution in [1.29, 1.82) is 0 Å². The third-order valence-electron chi connectivity index (χ3n) is 18.4. The van der Waals surface area contributed by atoms with Crippen LogP contribution in [0.2, 0.25) is 0 Å². The summed E-state index contributed by atoms with van der Waals surface area (Å²) in [6.45, 7) is 3.72. The largest absolute Gasteiger partial charge is 0.573 e. The van der Waals surface area contributed by atoms with Crippen molar-refractivity contribution in [3.63, 3.8) is 0 Å². The quantitative estimate of drug-likeness (QED) is 0.157. The van der Waals surface area contributed by atoms with E-state index in [0.717, 1.165) is 149 Å². The second-order valence-corrected chi connectivity index (χ2v) is 23.2. The third kappa shape index (κ3) is 16.0. The molecule has 0 N–H and O–H groups in total. The van der Waals surface area contributed by atoms with Gasteiger partial charge in [-0.25, -0.2) is 30.7 Å². The molecular weight excluding hydrogens is 969 g/mol. The van der Waals surface area contributed by atoms with Crippen molar-refractivity contribution in [1.82, 2.24) is 0 Å². The molecule has 3 aromatic carbocycles. The van der Waals surface area contributed by atoms with Gasteiger partial charge in [-0.05, 0) is 240 Å². The van der Waals surface area contributed by atoms with Gasteiger partial charge in [-0.15, -0.1) is 13.2 Å². The third-order valence-corrected chi connectivity index (χ3v) is 18.4. The number of alkyl halides is 5. The molecule has 0 heterocycles. The molecule has 6 fully saturated rings. The summed E-state index contributed by atoms with van der Waals surface area (Å²) in [5, 5.41) is 0. The van der Waals surface area contributed by atoms with E-state index in [-0.39, 0.29) is 17.8 Å². The van der Waals surface area contributed by atoms with Gasteiger partial charge < -0.3 is 9.47 Å². The highest BCUT2D eigenvalue weighted by molar-refractivity contribution is 5.35. The first-order valence-corrected chi connectivity index (χ1v) is 27.5. The van der Waals surface area contributed by atoms with Crippen molar-refractivity contribution < 1.29 is 62.2 Å². The molecule has 14 heteroatoms. The van der Waals surface area contributed by atoms with Crippen molar-refractivity contribution in [3.8, 4) is 11.5 Å². The summed E-state index contributed by atoms with van der Waals surface area (Å²) < 4.78 is 164. The lowest BCUT2D eigenvalue weighted by Gasteiger charge is -2.37. The van der Waals surface area contributed by atoms with E-state index in [1.807, 2.05) is 0 Å². The Morgan fingerprint density at radius 3 is 0.836 bits per heavy atom. The summed E-state index contributed by atoms with van der Waals surface area (Å²) in [4.78, 5) is 0. The molecule has 0 aromatic heterocycles. The van der Waals surface area contributed by atoms with E-state index in [4.69, 9.17) is 0 Å². The lowest BCUT2D eigenvalue weighted by atomic mass is 9.68. The van der Waals surface area contributed by atoms with Crippen LogP contribution < -0.4 is 9.47 Å². The maximum absolute atomic E-state index is 13.9. The van der Waals surface area contributed by atoms with Crippen molar-refractivity contribution in [3.05, 3.63) is 93.8 Å². The summed E-state index contributed by atoms with van der Waals surface area (Å²) in [7, 11) is 0. The van der Waals surface area contributed by atoms with Gasteiger partial charge in [0, 0.05) is 0 Å². The van der Waals surface area contributed by atoms with Crippen LogP contribution in [0.5, 0.6) is 11.5 Å². The second-order valence-electron chi connectivity index (χ2n) is 23.2. The highest BCUT2D eigenvalue weighted by atomic mass is 19.4. The van der Waals surface area contributed by atoms with Crippen molar-refractivity contribution in [2.24, 2.45) is 53.3 Å². The molecule has 6 aliphatic carbocycles. The van der Waals surface area contributed by atoms with Crippen LogP contribution >= 0.6 is 0 Å². The van der Waals surface area contributed by atoms with Crippen LogP contribution in [0, 0.1) is 94.0 Å². The van der Waals surface area contributed by atoms with Gasteiger partial charge in [-0.3, -0.25) is 0 Å². The lowest BCUT2D eigenvalue weighted by molar-refractivity contribution is -0.276. The molecule has 0 radical (unpaired) electrons. The summed E-state index contributed by atoms with van der Waals surface area (Å²) >= 11 is 0. The van der Waals surface area contributed by atoms with Gasteiger partial charge in [0.2, 0.25) is 5.75 Å². The van der Waals surface area contributed by atoms with Gasteiger partial charge in [0.15, 0.2) is 46.5 Å². The number of halogens is 12. The molecule has 0 aliphatic heterocycles. The molecule has 0 saturated heterocycles. The van der Waals surface area contributed by atoms with Gasteiger partial charge in [0.1, 0.15) is 0 Å². The first-order valence-electron chi connectivity index (χ1n) is 27.5. The van der Waals surface area contributed by atoms with E-state index in [1.54, 1.807) is 0 Å². The van der Waals surface area contributed by atoms with Crippen LogP contribution in [0.25, 0.3) is 0 Å². The average Bonchev–Trinajstić information content (AvgIpc) is 3.36. The van der Waals surface area contributed by atoms with E-state index in [2.05, 4.69) is 30.2 Å². The van der Waals surface area contributed by atoms with E-state index in [9.17, 15) is 52.7 Å². The maximum atomic E-state index is 13.9. The van der Waals surface area contributed by atoms with Crippen LogP contribution in [0.4, 0.5) is 52.7 Å². The van der Waals surface area contributed by atoms with Crippen LogP contribution in [0.1, 0.15) is 209 Å². The van der Waals surface area contributed by atoms with Gasteiger partial charge in [-0.1, -0.05) is 59.3 Å². The van der Waals surface area contributed by atoms with Crippen molar-refractivity contribution in [2.75, 3.05) is 0 Å². The van der Waals surface area contributed by atoms with E-state index in [1.165, 1.54) is 89.2 Å². The van der Waals surface area contributed by atoms with E-state index < -0.39 is 65.2 Å². The van der Waals surface area contributed by atoms with Crippen molar-refractivity contribution >= 4 is 0 Å². The highest BCUT2D eigenvalue weighted by Crippen LogP contribution is 2.48. The fraction of sp³-hybridized carbons (Fsp3) is 0.695. The number of hydrogen-bond acceptors (Lipinski definition) is 2. The highest BCUT2D eigenvalue weighted by Gasteiger charge is 2.37. The number of ether oxygens (including phenoxy) is 2. The SMILES string of the molecule is CC1CCC(C2CCC(c3cc(F)c(F)c(F)c3)CC2)CC1.CC1CCC(C2CCC(c3cc(F)c(OC(F)(F)F)c(F)c3)CC2)CC1.CC1CCC(C2CCC(c3cc(F)c(OC(F)F)c(F)c3)CC2)CC1. The molecule has 2 nitrogen and oxygen atoms in total. The van der Waals surface area contributed by atoms with Gasteiger partial charge >= 0.3 is 13.0 Å². The number of benzene rings is 3. The van der Waals surface area contributed by atoms with Gasteiger partial charge in [-0.2, -0.15) is 8.78 Å². The van der Waals surface area contributed by atoms with Crippen LogP contribution in [0.3, 0.4) is 0 Å². The van der Waals surface area contributed by atoms with Gasteiger partial charge in [0.05, 0.1) is 0 Å². The van der Waals surface area contributed by atoms with Crippen molar-refractivity contribution in [2.45, 2.75) is 206 Å². The zero-order valence-corrected chi connectivity index (χ0v) is 42.8. The molecule has 0 unspecified atom stereocenters. The molecule has 6 aliphatic rings. The summed E-state index contributed by atoms with van der Waals surface area (Å²) in [6, 6.07) is 6.69. The number of rotatable bonds is 9. The van der Waals surface area contributed by atoms with Crippen LogP contribution in [-0.2, 0) is 0 Å². The number of hydrogen-bond donors (Lipinski definition) is 0. The van der Waals surface area contributed by atoms with E-state index in [0.29, 0.717) is 22.6 Å². The Balaban J connectivity index is 0.000000161. The minimum atomic E-state index is -5.11. The Kier molecular flexibility index (Phi) is 20.3. The fourth-order valence-corrected chi connectivity index (χ4v) is 13.9. The lowest BCUT2D eigenvalue weighted by Crippen LogP contribution is -2.25. The molecule has 9 rings (SSSR count). The van der Waals surface area contributed by atoms with E-state index >= 15 is 0 Å². The van der Waals surface area contributed by atoms with Crippen LogP contribution in [-0.4, -0.2) is 13.0 Å². The predicted molar refractivity (Wildman–Crippen MR) is 260 cm³/mol. The Bertz CT molecular complexity index is 2110. The topological polar surface area (TPSA) is 18.5 Å². The minimum Gasteiger partial charge on any atom is -0.429 e. The minimum absolute atomic E-state index is 0.00213.